The van der Waals surface area contributed by atoms with E-state index in [2.05, 4.69) is 0 Å². The zero-order valence-corrected chi connectivity index (χ0v) is 16.3. The summed E-state index contributed by atoms with van der Waals surface area (Å²) in [5.41, 5.74) is 3.47. The minimum atomic E-state index is -0.364. The van der Waals surface area contributed by atoms with Crippen molar-refractivity contribution in [2.24, 2.45) is 0 Å². The smallest absolute Gasteiger partial charge is 0.308 e. The van der Waals surface area contributed by atoms with Crippen molar-refractivity contribution < 1.29 is 23.7 Å². The third-order valence-electron chi connectivity index (χ3n) is 4.72. The summed E-state index contributed by atoms with van der Waals surface area (Å²) in [5.74, 6) is 2.82. The molecule has 3 aromatic rings. The number of aromatic nitrogens is 1. The first-order valence-electron chi connectivity index (χ1n) is 9.16. The molecule has 144 valence electrons. The van der Waals surface area contributed by atoms with Gasteiger partial charge in [0.25, 0.3) is 0 Å². The Labute approximate surface area is 163 Å². The van der Waals surface area contributed by atoms with Crippen molar-refractivity contribution in [2.45, 2.75) is 34.1 Å². The molecule has 0 fully saturated rings. The molecule has 2 aromatic carbocycles. The number of nitrogens with zero attached hydrogens (tertiary/aromatic N) is 1. The standard InChI is InChI=1S/C22H21NO5/c1-5-17-13(3)22(27-14(4)24)16-10-20(12(2)8-18(16)23-17)28-15-6-7-19-21(9-15)26-11-25-19/h6-10H,5,11H2,1-4H3. The molecule has 0 N–H and O–H groups in total. The third kappa shape index (κ3) is 3.22. The van der Waals surface area contributed by atoms with Gasteiger partial charge in [-0.15, -0.1) is 0 Å². The Bertz CT molecular complexity index is 1090. The molecule has 1 aliphatic heterocycles. The van der Waals surface area contributed by atoms with E-state index < -0.39 is 0 Å². The summed E-state index contributed by atoms with van der Waals surface area (Å²) in [6, 6.07) is 9.25. The van der Waals surface area contributed by atoms with Crippen LogP contribution in [0.5, 0.6) is 28.7 Å². The minimum Gasteiger partial charge on any atom is -0.457 e. The second-order valence-electron chi connectivity index (χ2n) is 6.71. The number of carbonyl (C=O) groups excluding carboxylic acids is 1. The van der Waals surface area contributed by atoms with Gasteiger partial charge in [-0.3, -0.25) is 9.78 Å². The number of esters is 1. The highest BCUT2D eigenvalue weighted by atomic mass is 16.7. The highest BCUT2D eigenvalue weighted by Gasteiger charge is 2.18. The zero-order chi connectivity index (χ0) is 19.8. The number of carbonyl (C=O) groups is 1. The van der Waals surface area contributed by atoms with Gasteiger partial charge in [0.15, 0.2) is 11.5 Å². The number of aryl methyl sites for hydroxylation is 2. The van der Waals surface area contributed by atoms with Gasteiger partial charge in [-0.05, 0) is 50.1 Å². The first-order valence-corrected chi connectivity index (χ1v) is 9.16. The maximum atomic E-state index is 11.7. The first-order chi connectivity index (χ1) is 13.5. The van der Waals surface area contributed by atoms with E-state index in [9.17, 15) is 4.79 Å². The van der Waals surface area contributed by atoms with Crippen LogP contribution in [0.15, 0.2) is 30.3 Å². The molecule has 0 radical (unpaired) electrons. The SMILES string of the molecule is CCc1nc2cc(C)c(Oc3ccc4c(c3)OCO4)cc2c(OC(C)=O)c1C. The maximum Gasteiger partial charge on any atom is 0.308 e. The highest BCUT2D eigenvalue weighted by Crippen LogP contribution is 2.39. The Morgan fingerprint density at radius 2 is 1.93 bits per heavy atom. The second-order valence-corrected chi connectivity index (χ2v) is 6.71. The lowest BCUT2D eigenvalue weighted by Gasteiger charge is -2.16. The Hall–Kier alpha value is -3.28. The summed E-state index contributed by atoms with van der Waals surface area (Å²) in [6.45, 7) is 7.52. The van der Waals surface area contributed by atoms with Gasteiger partial charge in [0.05, 0.1) is 5.52 Å². The summed E-state index contributed by atoms with van der Waals surface area (Å²) in [5, 5.41) is 0.742. The molecule has 0 amide bonds. The zero-order valence-electron chi connectivity index (χ0n) is 16.3. The lowest BCUT2D eigenvalue weighted by Crippen LogP contribution is -2.06. The summed E-state index contributed by atoms with van der Waals surface area (Å²) in [7, 11) is 0. The van der Waals surface area contributed by atoms with Crippen LogP contribution in [0, 0.1) is 13.8 Å². The Kier molecular flexibility index (Phi) is 4.55. The third-order valence-corrected chi connectivity index (χ3v) is 4.72. The van der Waals surface area contributed by atoms with Gasteiger partial charge in [0.1, 0.15) is 17.2 Å². The molecule has 0 spiro atoms. The van der Waals surface area contributed by atoms with Crippen LogP contribution < -0.4 is 18.9 Å². The minimum absolute atomic E-state index is 0.213. The van der Waals surface area contributed by atoms with E-state index in [-0.39, 0.29) is 12.8 Å². The van der Waals surface area contributed by atoms with Gasteiger partial charge in [-0.25, -0.2) is 0 Å². The summed E-state index contributed by atoms with van der Waals surface area (Å²) >= 11 is 0. The van der Waals surface area contributed by atoms with Crippen LogP contribution in [0.4, 0.5) is 0 Å². The van der Waals surface area contributed by atoms with Crippen molar-refractivity contribution in [2.75, 3.05) is 6.79 Å². The predicted octanol–water partition coefficient (Wildman–Crippen LogP) is 4.86. The molecule has 0 unspecified atom stereocenters. The van der Waals surface area contributed by atoms with Crippen LogP contribution >= 0.6 is 0 Å². The number of fused-ring (bicyclic) bond motifs is 2. The molecule has 1 aliphatic rings. The van der Waals surface area contributed by atoms with Crippen LogP contribution in [0.25, 0.3) is 10.9 Å². The number of ether oxygens (including phenoxy) is 4. The molecular formula is C22H21NO5. The van der Waals surface area contributed by atoms with Crippen LogP contribution in [0.1, 0.15) is 30.7 Å². The molecule has 2 heterocycles. The fourth-order valence-corrected chi connectivity index (χ4v) is 3.31. The van der Waals surface area contributed by atoms with Crippen LogP contribution in [0.2, 0.25) is 0 Å². The van der Waals surface area contributed by atoms with Crippen molar-refractivity contribution in [1.82, 2.24) is 4.98 Å². The van der Waals surface area contributed by atoms with E-state index in [1.165, 1.54) is 6.92 Å². The molecule has 6 nitrogen and oxygen atoms in total. The summed E-state index contributed by atoms with van der Waals surface area (Å²) < 4.78 is 22.4. The van der Waals surface area contributed by atoms with Crippen molar-refractivity contribution in [3.63, 3.8) is 0 Å². The lowest BCUT2D eigenvalue weighted by molar-refractivity contribution is -0.131. The largest absolute Gasteiger partial charge is 0.457 e. The van der Waals surface area contributed by atoms with Gasteiger partial charge < -0.3 is 18.9 Å². The van der Waals surface area contributed by atoms with Crippen molar-refractivity contribution >= 4 is 16.9 Å². The topological polar surface area (TPSA) is 66.9 Å². The molecule has 0 atom stereocenters. The number of rotatable bonds is 4. The normalized spacial score (nSPS) is 12.3. The second kappa shape index (κ2) is 7.03. The summed E-state index contributed by atoms with van der Waals surface area (Å²) in [6.07, 6.45) is 0.754. The monoisotopic (exact) mass is 379 g/mol. The fourth-order valence-electron chi connectivity index (χ4n) is 3.31. The predicted molar refractivity (Wildman–Crippen MR) is 105 cm³/mol. The van der Waals surface area contributed by atoms with Gasteiger partial charge in [0.2, 0.25) is 6.79 Å². The molecule has 1 aromatic heterocycles. The maximum absolute atomic E-state index is 11.7. The number of pyridine rings is 1. The first kappa shape index (κ1) is 18.1. The van der Waals surface area contributed by atoms with E-state index >= 15 is 0 Å². The molecular weight excluding hydrogens is 358 g/mol. The number of benzene rings is 2. The van der Waals surface area contributed by atoms with E-state index in [1.807, 2.05) is 45.0 Å². The molecule has 0 saturated carbocycles. The highest BCUT2D eigenvalue weighted by molar-refractivity contribution is 5.91. The average Bonchev–Trinajstić information content (AvgIpc) is 3.12. The van der Waals surface area contributed by atoms with E-state index in [0.29, 0.717) is 28.7 Å². The molecule has 4 rings (SSSR count). The van der Waals surface area contributed by atoms with Crippen LogP contribution in [0.3, 0.4) is 0 Å². The Morgan fingerprint density at radius 3 is 2.68 bits per heavy atom. The molecule has 28 heavy (non-hydrogen) atoms. The van der Waals surface area contributed by atoms with E-state index in [1.54, 1.807) is 6.07 Å². The number of hydrogen-bond donors (Lipinski definition) is 0. The van der Waals surface area contributed by atoms with Gasteiger partial charge >= 0.3 is 5.97 Å². The van der Waals surface area contributed by atoms with Crippen LogP contribution in [-0.2, 0) is 11.2 Å². The van der Waals surface area contributed by atoms with Crippen molar-refractivity contribution in [3.05, 3.63) is 47.2 Å². The Balaban J connectivity index is 1.81. The summed E-state index contributed by atoms with van der Waals surface area (Å²) in [4.78, 5) is 16.4. The van der Waals surface area contributed by atoms with E-state index in [0.717, 1.165) is 34.1 Å². The van der Waals surface area contributed by atoms with Crippen molar-refractivity contribution in [1.29, 1.82) is 0 Å². The number of hydrogen-bond acceptors (Lipinski definition) is 6. The molecule has 0 saturated heterocycles. The van der Waals surface area contributed by atoms with Crippen molar-refractivity contribution in [3.8, 4) is 28.7 Å². The molecule has 6 heteroatoms. The average molecular weight is 379 g/mol. The molecule has 0 aliphatic carbocycles. The molecule has 0 bridgehead atoms. The van der Waals surface area contributed by atoms with Gasteiger partial charge in [-0.1, -0.05) is 6.92 Å². The van der Waals surface area contributed by atoms with E-state index in [4.69, 9.17) is 23.9 Å². The fraction of sp³-hybridized carbons (Fsp3) is 0.273. The Morgan fingerprint density at radius 1 is 1.14 bits per heavy atom. The van der Waals surface area contributed by atoms with Gasteiger partial charge in [0, 0.05) is 29.6 Å². The van der Waals surface area contributed by atoms with Gasteiger partial charge in [-0.2, -0.15) is 0 Å². The lowest BCUT2D eigenvalue weighted by atomic mass is 10.0. The quantitative estimate of drug-likeness (QED) is 0.603. The van der Waals surface area contributed by atoms with Crippen LogP contribution in [-0.4, -0.2) is 17.7 Å².